The second-order valence-electron chi connectivity index (χ2n) is 4.42. The van der Waals surface area contributed by atoms with E-state index in [4.69, 9.17) is 10.6 Å². The number of amides is 1. The van der Waals surface area contributed by atoms with E-state index in [0.717, 1.165) is 22.3 Å². The van der Waals surface area contributed by atoms with E-state index in [1.165, 1.54) is 6.33 Å². The molecule has 0 radical (unpaired) electrons. The largest absolute Gasteiger partial charge is 0.483 e. The first-order chi connectivity index (χ1) is 9.61. The van der Waals surface area contributed by atoms with Gasteiger partial charge in [-0.25, -0.2) is 15.8 Å². The molecule has 0 spiro atoms. The normalized spacial score (nSPS) is 10.2. The third-order valence-corrected chi connectivity index (χ3v) is 2.86. The topological polar surface area (TPSA) is 90.1 Å². The Balaban J connectivity index is 2.27. The molecule has 0 saturated heterocycles. The van der Waals surface area contributed by atoms with Gasteiger partial charge in [0.2, 0.25) is 0 Å². The minimum absolute atomic E-state index is 0.105. The number of benzene rings is 1. The average molecular weight is 272 g/mol. The van der Waals surface area contributed by atoms with Crippen LogP contribution in [-0.4, -0.2) is 22.5 Å². The van der Waals surface area contributed by atoms with Crippen molar-refractivity contribution in [3.05, 3.63) is 42.0 Å². The fourth-order valence-corrected chi connectivity index (χ4v) is 1.97. The van der Waals surface area contributed by atoms with E-state index in [1.54, 1.807) is 12.4 Å². The first-order valence-electron chi connectivity index (χ1n) is 6.10. The van der Waals surface area contributed by atoms with Gasteiger partial charge < -0.3 is 4.74 Å². The molecule has 1 amide bonds. The zero-order chi connectivity index (χ0) is 14.5. The molecule has 0 unspecified atom stereocenters. The average Bonchev–Trinajstić information content (AvgIpc) is 2.46. The number of hydrazine groups is 1. The second kappa shape index (κ2) is 6.12. The number of hydrogen-bond acceptors (Lipinski definition) is 5. The highest BCUT2D eigenvalue weighted by Crippen LogP contribution is 2.29. The molecule has 20 heavy (non-hydrogen) atoms. The van der Waals surface area contributed by atoms with Crippen LogP contribution in [0.25, 0.3) is 11.1 Å². The molecule has 1 aromatic heterocycles. The van der Waals surface area contributed by atoms with Crippen LogP contribution in [-0.2, 0) is 4.79 Å². The molecule has 2 aromatic rings. The van der Waals surface area contributed by atoms with Gasteiger partial charge in [-0.1, -0.05) is 0 Å². The molecule has 0 atom stereocenters. The summed E-state index contributed by atoms with van der Waals surface area (Å²) in [6.07, 6.45) is 5.00. The van der Waals surface area contributed by atoms with Crippen molar-refractivity contribution in [1.82, 2.24) is 15.4 Å². The Hall–Kier alpha value is -2.47. The van der Waals surface area contributed by atoms with E-state index >= 15 is 0 Å². The second-order valence-corrected chi connectivity index (χ2v) is 4.42. The summed E-state index contributed by atoms with van der Waals surface area (Å²) in [6.45, 7) is 3.75. The van der Waals surface area contributed by atoms with Crippen LogP contribution in [0.5, 0.6) is 5.75 Å². The number of nitrogens with zero attached hydrogens (tertiary/aromatic N) is 2. The highest BCUT2D eigenvalue weighted by atomic mass is 16.5. The Labute approximate surface area is 117 Å². The minimum Gasteiger partial charge on any atom is -0.483 e. The SMILES string of the molecule is Cc1cc(-c2cncnc2)cc(C)c1OCC(=O)NN. The summed E-state index contributed by atoms with van der Waals surface area (Å²) >= 11 is 0. The Morgan fingerprint density at radius 1 is 1.20 bits per heavy atom. The van der Waals surface area contributed by atoms with Crippen molar-refractivity contribution in [3.8, 4) is 16.9 Å². The Kier molecular flexibility index (Phi) is 4.27. The summed E-state index contributed by atoms with van der Waals surface area (Å²) in [4.78, 5) is 19.1. The first kappa shape index (κ1) is 14.0. The monoisotopic (exact) mass is 272 g/mol. The van der Waals surface area contributed by atoms with E-state index in [1.807, 2.05) is 31.4 Å². The standard InChI is InChI=1S/C14H16N4O2/c1-9-3-11(12-5-16-8-17-6-12)4-10(2)14(9)20-7-13(19)18-15/h3-6,8H,7,15H2,1-2H3,(H,18,19). The molecular weight excluding hydrogens is 256 g/mol. The molecule has 6 nitrogen and oxygen atoms in total. The minimum atomic E-state index is -0.371. The van der Waals surface area contributed by atoms with Crippen LogP contribution in [0.2, 0.25) is 0 Å². The van der Waals surface area contributed by atoms with E-state index in [0.29, 0.717) is 5.75 Å². The highest BCUT2D eigenvalue weighted by Gasteiger charge is 2.09. The number of rotatable bonds is 4. The van der Waals surface area contributed by atoms with Crippen LogP contribution >= 0.6 is 0 Å². The number of hydrogen-bond donors (Lipinski definition) is 2. The van der Waals surface area contributed by atoms with Crippen LogP contribution in [0.15, 0.2) is 30.9 Å². The number of aromatic nitrogens is 2. The summed E-state index contributed by atoms with van der Waals surface area (Å²) < 4.78 is 5.49. The maximum absolute atomic E-state index is 11.1. The molecule has 0 aliphatic carbocycles. The van der Waals surface area contributed by atoms with Gasteiger partial charge in [0.15, 0.2) is 6.61 Å². The third kappa shape index (κ3) is 3.10. The van der Waals surface area contributed by atoms with Gasteiger partial charge in [0.05, 0.1) is 0 Å². The third-order valence-electron chi connectivity index (χ3n) is 2.86. The summed E-state index contributed by atoms with van der Waals surface area (Å²) in [5.41, 5.74) is 5.85. The number of nitrogens with two attached hydrogens (primary N) is 1. The van der Waals surface area contributed by atoms with Crippen molar-refractivity contribution in [2.24, 2.45) is 5.84 Å². The van der Waals surface area contributed by atoms with Crippen molar-refractivity contribution >= 4 is 5.91 Å². The smallest absolute Gasteiger partial charge is 0.271 e. The van der Waals surface area contributed by atoms with Crippen LogP contribution in [0.3, 0.4) is 0 Å². The van der Waals surface area contributed by atoms with Crippen LogP contribution < -0.4 is 16.0 Å². The number of aryl methyl sites for hydroxylation is 2. The van der Waals surface area contributed by atoms with Gasteiger partial charge in [0, 0.05) is 18.0 Å². The molecule has 1 heterocycles. The lowest BCUT2D eigenvalue weighted by Crippen LogP contribution is -2.34. The highest BCUT2D eigenvalue weighted by molar-refractivity contribution is 5.77. The summed E-state index contributed by atoms with van der Waals surface area (Å²) in [7, 11) is 0. The van der Waals surface area contributed by atoms with Gasteiger partial charge in [-0.05, 0) is 42.7 Å². The zero-order valence-corrected chi connectivity index (χ0v) is 11.4. The van der Waals surface area contributed by atoms with E-state index < -0.39 is 0 Å². The Morgan fingerprint density at radius 2 is 1.80 bits per heavy atom. The summed E-state index contributed by atoms with van der Waals surface area (Å²) in [6, 6.07) is 3.95. The molecule has 6 heteroatoms. The van der Waals surface area contributed by atoms with Gasteiger partial charge in [0.25, 0.3) is 5.91 Å². The number of carbonyl (C=O) groups excluding carboxylic acids is 1. The lowest BCUT2D eigenvalue weighted by atomic mass is 10.0. The van der Waals surface area contributed by atoms with E-state index in [9.17, 15) is 4.79 Å². The molecule has 0 fully saturated rings. The quantitative estimate of drug-likeness (QED) is 0.494. The van der Waals surface area contributed by atoms with Crippen LogP contribution in [0.4, 0.5) is 0 Å². The van der Waals surface area contributed by atoms with E-state index in [2.05, 4.69) is 9.97 Å². The molecule has 104 valence electrons. The fraction of sp³-hybridized carbons (Fsp3) is 0.214. The Bertz CT molecular complexity index is 591. The molecule has 1 aromatic carbocycles. The van der Waals surface area contributed by atoms with Crippen molar-refractivity contribution in [2.45, 2.75) is 13.8 Å². The number of nitrogens with one attached hydrogen (secondary N) is 1. The van der Waals surface area contributed by atoms with Crippen molar-refractivity contribution < 1.29 is 9.53 Å². The van der Waals surface area contributed by atoms with E-state index in [-0.39, 0.29) is 12.5 Å². The van der Waals surface area contributed by atoms with Gasteiger partial charge in [-0.15, -0.1) is 0 Å². The van der Waals surface area contributed by atoms with Crippen LogP contribution in [0.1, 0.15) is 11.1 Å². The molecule has 0 aliphatic heterocycles. The number of carbonyl (C=O) groups is 1. The lowest BCUT2D eigenvalue weighted by Gasteiger charge is -2.13. The molecule has 3 N–H and O–H groups in total. The summed E-state index contributed by atoms with van der Waals surface area (Å²) in [5.74, 6) is 5.34. The summed E-state index contributed by atoms with van der Waals surface area (Å²) in [5, 5.41) is 0. The predicted molar refractivity (Wildman–Crippen MR) is 74.8 cm³/mol. The molecule has 0 bridgehead atoms. The molecule has 0 saturated carbocycles. The zero-order valence-electron chi connectivity index (χ0n) is 11.4. The number of ether oxygens (including phenoxy) is 1. The first-order valence-corrected chi connectivity index (χ1v) is 6.10. The molecule has 0 aliphatic rings. The van der Waals surface area contributed by atoms with Gasteiger partial charge in [-0.2, -0.15) is 0 Å². The maximum atomic E-state index is 11.1. The Morgan fingerprint density at radius 3 is 2.35 bits per heavy atom. The van der Waals surface area contributed by atoms with Gasteiger partial charge >= 0.3 is 0 Å². The van der Waals surface area contributed by atoms with Crippen molar-refractivity contribution in [2.75, 3.05) is 6.61 Å². The maximum Gasteiger partial charge on any atom is 0.271 e. The predicted octanol–water partition coefficient (Wildman–Crippen LogP) is 1.13. The van der Waals surface area contributed by atoms with Crippen molar-refractivity contribution in [3.63, 3.8) is 0 Å². The van der Waals surface area contributed by atoms with Crippen molar-refractivity contribution in [1.29, 1.82) is 0 Å². The molecule has 2 rings (SSSR count). The van der Waals surface area contributed by atoms with Gasteiger partial charge in [-0.3, -0.25) is 10.2 Å². The van der Waals surface area contributed by atoms with Crippen LogP contribution in [0, 0.1) is 13.8 Å². The molecular formula is C14H16N4O2. The van der Waals surface area contributed by atoms with Gasteiger partial charge in [0.1, 0.15) is 12.1 Å². The lowest BCUT2D eigenvalue weighted by molar-refractivity contribution is -0.123. The fourth-order valence-electron chi connectivity index (χ4n) is 1.97.